The van der Waals surface area contributed by atoms with Gasteiger partial charge in [0.2, 0.25) is 9.04 Å². The van der Waals surface area contributed by atoms with Crippen molar-refractivity contribution in [2.24, 2.45) is 0 Å². The molecule has 172 valence electrons. The second-order valence-corrected chi connectivity index (χ2v) is 12.2. The average Bonchev–Trinajstić information content (AvgIpc) is 3.16. The first-order chi connectivity index (χ1) is 15.8. The number of carbonyl (C=O) groups excluding carboxylic acids is 1. The molecule has 1 aliphatic carbocycles. The summed E-state index contributed by atoms with van der Waals surface area (Å²) >= 11 is 0. The molecule has 0 radical (unpaired) electrons. The Labute approximate surface area is 199 Å². The van der Waals surface area contributed by atoms with E-state index in [0.717, 1.165) is 18.4 Å². The summed E-state index contributed by atoms with van der Waals surface area (Å²) in [5.74, 6) is -0.195. The fourth-order valence-electron chi connectivity index (χ4n) is 4.79. The number of fused-ring (bicyclic) bond motifs is 1. The number of benzene rings is 3. The highest BCUT2D eigenvalue weighted by Gasteiger charge is 2.44. The lowest BCUT2D eigenvalue weighted by Gasteiger charge is -2.35. The summed E-state index contributed by atoms with van der Waals surface area (Å²) < 4.78 is 12.6. The smallest absolute Gasteiger partial charge is 0.309 e. The minimum Gasteiger partial charge on any atom is -0.466 e. The van der Waals surface area contributed by atoms with Crippen molar-refractivity contribution in [1.29, 1.82) is 0 Å². The Morgan fingerprint density at radius 1 is 0.939 bits per heavy atom. The van der Waals surface area contributed by atoms with Gasteiger partial charge in [-0.15, -0.1) is 0 Å². The molecular weight excluding hydrogens is 424 g/mol. The third-order valence-electron chi connectivity index (χ3n) is 6.54. The van der Waals surface area contributed by atoms with Gasteiger partial charge in [0.1, 0.15) is 0 Å². The van der Waals surface area contributed by atoms with Crippen LogP contribution in [0.5, 0.6) is 0 Å². The van der Waals surface area contributed by atoms with E-state index in [4.69, 9.17) is 9.16 Å². The number of carbonyl (C=O) groups is 1. The van der Waals surface area contributed by atoms with E-state index < -0.39 is 14.6 Å². The molecule has 0 fully saturated rings. The van der Waals surface area contributed by atoms with Crippen LogP contribution in [0.3, 0.4) is 0 Å². The third-order valence-corrected chi connectivity index (χ3v) is 9.21. The van der Waals surface area contributed by atoms with E-state index in [-0.39, 0.29) is 17.8 Å². The molecule has 0 saturated carbocycles. The molecule has 0 aliphatic heterocycles. The van der Waals surface area contributed by atoms with Crippen LogP contribution in [-0.4, -0.2) is 21.6 Å². The highest BCUT2D eigenvalue weighted by molar-refractivity contribution is 6.80. The van der Waals surface area contributed by atoms with E-state index in [1.165, 1.54) is 21.5 Å². The van der Waals surface area contributed by atoms with Gasteiger partial charge in [0.25, 0.3) is 0 Å². The van der Waals surface area contributed by atoms with Gasteiger partial charge in [0, 0.05) is 0 Å². The number of ether oxygens (including phenoxy) is 1. The van der Waals surface area contributed by atoms with Crippen LogP contribution in [-0.2, 0) is 31.4 Å². The van der Waals surface area contributed by atoms with Crippen molar-refractivity contribution in [1.82, 2.24) is 0 Å². The molecule has 3 aromatic carbocycles. The summed E-state index contributed by atoms with van der Waals surface area (Å²) in [7, 11) is -2.06. The molecule has 0 saturated heterocycles. The Bertz CT molecular complexity index is 1050. The Morgan fingerprint density at radius 2 is 1.55 bits per heavy atom. The summed E-state index contributed by atoms with van der Waals surface area (Å²) in [5.41, 5.74) is 3.16. The van der Waals surface area contributed by atoms with E-state index in [1.807, 2.05) is 19.1 Å². The minimum atomic E-state index is -2.06. The lowest BCUT2D eigenvalue weighted by atomic mass is 9.84. The highest BCUT2D eigenvalue weighted by atomic mass is 28.3. The number of hydrogen-bond donors (Lipinski definition) is 0. The molecule has 4 heteroatoms. The Kier molecular flexibility index (Phi) is 6.87. The molecule has 0 amide bonds. The molecule has 0 heterocycles. The zero-order valence-electron chi connectivity index (χ0n) is 20.1. The molecule has 1 unspecified atom stereocenters. The summed E-state index contributed by atoms with van der Waals surface area (Å²) in [6.07, 6.45) is 1.94. The quantitative estimate of drug-likeness (QED) is 0.382. The molecule has 4 rings (SSSR count). The maximum atomic E-state index is 12.8. The molecule has 33 heavy (non-hydrogen) atoms. The van der Waals surface area contributed by atoms with E-state index >= 15 is 0 Å². The van der Waals surface area contributed by atoms with Gasteiger partial charge >= 0.3 is 5.97 Å². The van der Waals surface area contributed by atoms with Crippen LogP contribution in [0.2, 0.25) is 0 Å². The van der Waals surface area contributed by atoms with Crippen LogP contribution in [0.4, 0.5) is 0 Å². The van der Waals surface area contributed by atoms with E-state index in [9.17, 15) is 4.79 Å². The SMILES string of the molecule is CCOC(=O)CC1(O[SiH](c2ccccc2)c2ccccc2)CCc2cc(C(C)(C)C)ccc21. The maximum Gasteiger partial charge on any atom is 0.309 e. The standard InChI is InChI=1S/C29H34O3Si/c1-5-31-27(30)21-29(19-18-22-20-23(28(2,3)4)16-17-26(22)29)32-33(24-12-8-6-9-13-24)25-14-10-7-11-15-25/h6-17,20,33H,5,18-19,21H2,1-4H3. The van der Waals surface area contributed by atoms with Gasteiger partial charge in [-0.05, 0) is 52.2 Å². The molecule has 1 atom stereocenters. The molecule has 0 bridgehead atoms. The summed E-state index contributed by atoms with van der Waals surface area (Å²) in [6.45, 7) is 8.94. The molecule has 3 aromatic rings. The zero-order chi connectivity index (χ0) is 23.5. The zero-order valence-corrected chi connectivity index (χ0v) is 21.3. The fourth-order valence-corrected chi connectivity index (χ4v) is 7.37. The first kappa shape index (κ1) is 23.5. The normalized spacial score (nSPS) is 17.7. The fraction of sp³-hybridized carbons (Fsp3) is 0.345. The van der Waals surface area contributed by atoms with Crippen molar-refractivity contribution in [3.63, 3.8) is 0 Å². The molecular formula is C29H34O3Si. The van der Waals surface area contributed by atoms with Gasteiger partial charge in [-0.2, -0.15) is 0 Å². The van der Waals surface area contributed by atoms with Gasteiger partial charge < -0.3 is 9.16 Å². The van der Waals surface area contributed by atoms with Crippen molar-refractivity contribution in [2.45, 2.75) is 58.0 Å². The van der Waals surface area contributed by atoms with E-state index in [2.05, 4.69) is 87.5 Å². The first-order valence-corrected chi connectivity index (χ1v) is 13.5. The summed E-state index contributed by atoms with van der Waals surface area (Å²) in [5, 5.41) is 2.43. The summed E-state index contributed by atoms with van der Waals surface area (Å²) in [4.78, 5) is 12.8. The lowest BCUT2D eigenvalue weighted by molar-refractivity contribution is -0.148. The number of esters is 1. The van der Waals surface area contributed by atoms with E-state index in [1.54, 1.807) is 0 Å². The van der Waals surface area contributed by atoms with Crippen LogP contribution in [0, 0.1) is 0 Å². The molecule has 0 aromatic heterocycles. The topological polar surface area (TPSA) is 35.5 Å². The predicted octanol–water partition coefficient (Wildman–Crippen LogP) is 4.63. The van der Waals surface area contributed by atoms with Gasteiger partial charge in [-0.3, -0.25) is 4.79 Å². The third kappa shape index (κ3) is 5.12. The van der Waals surface area contributed by atoms with Gasteiger partial charge in [-0.1, -0.05) is 99.6 Å². The second-order valence-electron chi connectivity index (χ2n) is 9.92. The van der Waals surface area contributed by atoms with Gasteiger partial charge in [-0.25, -0.2) is 0 Å². The largest absolute Gasteiger partial charge is 0.466 e. The van der Waals surface area contributed by atoms with Crippen molar-refractivity contribution < 1.29 is 14.0 Å². The van der Waals surface area contributed by atoms with Crippen molar-refractivity contribution >= 4 is 25.4 Å². The predicted molar refractivity (Wildman–Crippen MR) is 137 cm³/mol. The van der Waals surface area contributed by atoms with Gasteiger partial charge in [0.15, 0.2) is 0 Å². The Balaban J connectivity index is 1.79. The average molecular weight is 459 g/mol. The number of aryl methyl sites for hydroxylation is 1. The van der Waals surface area contributed by atoms with Crippen LogP contribution < -0.4 is 10.4 Å². The number of rotatable bonds is 7. The Hall–Kier alpha value is -2.69. The first-order valence-electron chi connectivity index (χ1n) is 11.9. The van der Waals surface area contributed by atoms with Crippen molar-refractivity contribution in [3.05, 3.63) is 95.6 Å². The minimum absolute atomic E-state index is 0.0770. The van der Waals surface area contributed by atoms with Crippen molar-refractivity contribution in [2.75, 3.05) is 6.61 Å². The van der Waals surface area contributed by atoms with Crippen LogP contribution in [0.15, 0.2) is 78.9 Å². The molecule has 1 aliphatic rings. The van der Waals surface area contributed by atoms with Crippen LogP contribution >= 0.6 is 0 Å². The lowest BCUT2D eigenvalue weighted by Crippen LogP contribution is -2.50. The highest BCUT2D eigenvalue weighted by Crippen LogP contribution is 2.44. The van der Waals surface area contributed by atoms with E-state index in [0.29, 0.717) is 6.61 Å². The Morgan fingerprint density at radius 3 is 2.09 bits per heavy atom. The van der Waals surface area contributed by atoms with Crippen LogP contribution in [0.1, 0.15) is 57.2 Å². The second kappa shape index (κ2) is 9.66. The maximum absolute atomic E-state index is 12.8. The molecule has 0 spiro atoms. The molecule has 0 N–H and O–H groups in total. The number of hydrogen-bond acceptors (Lipinski definition) is 3. The monoisotopic (exact) mass is 458 g/mol. The van der Waals surface area contributed by atoms with Crippen LogP contribution in [0.25, 0.3) is 0 Å². The van der Waals surface area contributed by atoms with Crippen molar-refractivity contribution in [3.8, 4) is 0 Å². The molecule has 3 nitrogen and oxygen atoms in total. The summed E-state index contributed by atoms with van der Waals surface area (Å²) in [6, 6.07) is 27.7. The van der Waals surface area contributed by atoms with Gasteiger partial charge in [0.05, 0.1) is 18.6 Å².